The molecule has 1 aromatic carbocycles. The number of aryl methyl sites for hydroxylation is 2. The Morgan fingerprint density at radius 1 is 1.20 bits per heavy atom. The summed E-state index contributed by atoms with van der Waals surface area (Å²) in [6.45, 7) is 3.85. The van der Waals surface area contributed by atoms with Crippen LogP contribution >= 0.6 is 11.8 Å². The van der Waals surface area contributed by atoms with E-state index in [-0.39, 0.29) is 0 Å². The first-order valence-corrected chi connectivity index (χ1v) is 7.12. The van der Waals surface area contributed by atoms with Gasteiger partial charge in [-0.3, -0.25) is 0 Å². The maximum absolute atomic E-state index is 5.16. The second kappa shape index (κ2) is 5.46. The molecule has 0 fully saturated rings. The fraction of sp³-hybridized carbons (Fsp3) is 0.231. The van der Waals surface area contributed by atoms with Crippen LogP contribution in [0.2, 0.25) is 0 Å². The quantitative estimate of drug-likeness (QED) is 0.687. The lowest BCUT2D eigenvalue weighted by atomic mass is 10.2. The molecule has 0 unspecified atom stereocenters. The van der Waals surface area contributed by atoms with Gasteiger partial charge in [-0.1, -0.05) is 35.1 Å². The van der Waals surface area contributed by atoms with Crippen LogP contribution in [-0.2, 0) is 5.75 Å². The summed E-state index contributed by atoms with van der Waals surface area (Å²) in [7, 11) is 0. The van der Waals surface area contributed by atoms with Gasteiger partial charge >= 0.3 is 0 Å². The van der Waals surface area contributed by atoms with Gasteiger partial charge in [0.2, 0.25) is 5.16 Å². The fourth-order valence-corrected chi connectivity index (χ4v) is 2.89. The summed E-state index contributed by atoms with van der Waals surface area (Å²) in [4.78, 5) is 0. The van der Waals surface area contributed by atoms with E-state index in [9.17, 15) is 0 Å². The van der Waals surface area contributed by atoms with E-state index in [1.54, 1.807) is 16.4 Å². The van der Waals surface area contributed by atoms with Gasteiger partial charge in [-0.25, -0.2) is 0 Å². The predicted molar refractivity (Wildman–Crippen MR) is 74.7 cm³/mol. The minimum atomic E-state index is 0.731. The maximum Gasteiger partial charge on any atom is 0.214 e. The number of rotatable bonds is 4. The standard InChI is InChI=1S/C13H13N5OS/c1-9-12(10(2)19-15-9)8-20-13-14-16-17-18(13)11-6-4-3-5-7-11/h3-7H,8H2,1-2H3. The third-order valence-electron chi connectivity index (χ3n) is 2.97. The Hall–Kier alpha value is -2.15. The van der Waals surface area contributed by atoms with E-state index in [1.165, 1.54) is 0 Å². The van der Waals surface area contributed by atoms with E-state index in [2.05, 4.69) is 20.7 Å². The predicted octanol–water partition coefficient (Wildman–Crippen LogP) is 2.56. The van der Waals surface area contributed by atoms with Gasteiger partial charge in [0.1, 0.15) is 5.76 Å². The molecule has 2 aromatic heterocycles. The molecular weight excluding hydrogens is 274 g/mol. The fourth-order valence-electron chi connectivity index (χ4n) is 1.84. The molecule has 102 valence electrons. The van der Waals surface area contributed by atoms with Crippen molar-refractivity contribution in [2.45, 2.75) is 24.8 Å². The number of benzene rings is 1. The zero-order valence-corrected chi connectivity index (χ0v) is 12.0. The van der Waals surface area contributed by atoms with E-state index < -0.39 is 0 Å². The molecule has 7 heteroatoms. The van der Waals surface area contributed by atoms with E-state index >= 15 is 0 Å². The first-order valence-electron chi connectivity index (χ1n) is 6.14. The summed E-state index contributed by atoms with van der Waals surface area (Å²) in [5.74, 6) is 1.57. The molecule has 3 aromatic rings. The first kappa shape index (κ1) is 12.9. The molecular formula is C13H13N5OS. The highest BCUT2D eigenvalue weighted by Gasteiger charge is 2.13. The van der Waals surface area contributed by atoms with Crippen molar-refractivity contribution in [1.82, 2.24) is 25.4 Å². The number of thioether (sulfide) groups is 1. The monoisotopic (exact) mass is 287 g/mol. The Labute approximate surface area is 120 Å². The Morgan fingerprint density at radius 3 is 2.70 bits per heavy atom. The molecule has 0 radical (unpaired) electrons. The molecule has 0 aliphatic heterocycles. The van der Waals surface area contributed by atoms with Gasteiger partial charge < -0.3 is 4.52 Å². The normalized spacial score (nSPS) is 10.9. The topological polar surface area (TPSA) is 69.6 Å². The summed E-state index contributed by atoms with van der Waals surface area (Å²) in [5.41, 5.74) is 2.95. The van der Waals surface area contributed by atoms with Crippen molar-refractivity contribution in [1.29, 1.82) is 0 Å². The highest BCUT2D eigenvalue weighted by molar-refractivity contribution is 7.98. The van der Waals surface area contributed by atoms with Crippen LogP contribution in [0.1, 0.15) is 17.0 Å². The van der Waals surface area contributed by atoms with Crippen molar-refractivity contribution >= 4 is 11.8 Å². The molecule has 0 spiro atoms. The lowest BCUT2D eigenvalue weighted by molar-refractivity contribution is 0.392. The number of nitrogens with zero attached hydrogens (tertiary/aromatic N) is 5. The van der Waals surface area contributed by atoms with Crippen molar-refractivity contribution in [3.63, 3.8) is 0 Å². The lowest BCUT2D eigenvalue weighted by Gasteiger charge is -2.03. The van der Waals surface area contributed by atoms with E-state index in [1.807, 2.05) is 44.2 Å². The summed E-state index contributed by atoms with van der Waals surface area (Å²) in [5, 5.41) is 16.5. The van der Waals surface area contributed by atoms with Crippen molar-refractivity contribution in [2.75, 3.05) is 0 Å². The van der Waals surface area contributed by atoms with Gasteiger partial charge in [-0.15, -0.1) is 5.10 Å². The maximum atomic E-state index is 5.16. The van der Waals surface area contributed by atoms with Crippen LogP contribution in [0, 0.1) is 13.8 Å². The molecule has 0 amide bonds. The van der Waals surface area contributed by atoms with Gasteiger partial charge in [0.15, 0.2) is 0 Å². The Bertz CT molecular complexity index is 687. The summed E-state index contributed by atoms with van der Waals surface area (Å²) in [6, 6.07) is 9.82. The SMILES string of the molecule is Cc1noc(C)c1CSc1nnnn1-c1ccccc1. The Balaban J connectivity index is 1.81. The molecule has 6 nitrogen and oxygen atoms in total. The molecule has 20 heavy (non-hydrogen) atoms. The van der Waals surface area contributed by atoms with Crippen molar-refractivity contribution in [3.05, 3.63) is 47.3 Å². The van der Waals surface area contributed by atoms with Crippen LogP contribution in [0.5, 0.6) is 0 Å². The number of hydrogen-bond acceptors (Lipinski definition) is 6. The number of aromatic nitrogens is 5. The van der Waals surface area contributed by atoms with Crippen molar-refractivity contribution < 1.29 is 4.52 Å². The molecule has 0 N–H and O–H groups in total. The van der Waals surface area contributed by atoms with Gasteiger partial charge in [0.05, 0.1) is 11.4 Å². The molecule has 3 rings (SSSR count). The second-order valence-corrected chi connectivity index (χ2v) is 5.24. The lowest BCUT2D eigenvalue weighted by Crippen LogP contribution is -1.98. The second-order valence-electron chi connectivity index (χ2n) is 4.30. The molecule has 0 bridgehead atoms. The third kappa shape index (κ3) is 2.44. The Morgan fingerprint density at radius 2 is 2.00 bits per heavy atom. The van der Waals surface area contributed by atoms with Crippen LogP contribution in [-0.4, -0.2) is 25.4 Å². The Kier molecular flexibility index (Phi) is 3.51. The van der Waals surface area contributed by atoms with Crippen LogP contribution in [0.4, 0.5) is 0 Å². The molecule has 2 heterocycles. The zero-order chi connectivity index (χ0) is 13.9. The van der Waals surface area contributed by atoms with Gasteiger partial charge in [0, 0.05) is 11.3 Å². The molecule has 0 saturated carbocycles. The van der Waals surface area contributed by atoms with E-state index in [0.717, 1.165) is 33.6 Å². The summed E-state index contributed by atoms with van der Waals surface area (Å²) >= 11 is 1.56. The van der Waals surface area contributed by atoms with Crippen LogP contribution < -0.4 is 0 Å². The first-order chi connectivity index (χ1) is 9.75. The summed E-state index contributed by atoms with van der Waals surface area (Å²) in [6.07, 6.45) is 0. The van der Waals surface area contributed by atoms with E-state index in [0.29, 0.717) is 0 Å². The molecule has 0 aliphatic carbocycles. The van der Waals surface area contributed by atoms with E-state index in [4.69, 9.17) is 4.52 Å². The van der Waals surface area contributed by atoms with Gasteiger partial charge in [-0.05, 0) is 36.4 Å². The molecule has 0 saturated heterocycles. The minimum Gasteiger partial charge on any atom is -0.361 e. The largest absolute Gasteiger partial charge is 0.361 e. The third-order valence-corrected chi connectivity index (χ3v) is 3.91. The number of para-hydroxylation sites is 1. The van der Waals surface area contributed by atoms with Crippen LogP contribution in [0.3, 0.4) is 0 Å². The highest BCUT2D eigenvalue weighted by atomic mass is 32.2. The van der Waals surface area contributed by atoms with Crippen molar-refractivity contribution in [3.8, 4) is 5.69 Å². The summed E-state index contributed by atoms with van der Waals surface area (Å²) < 4.78 is 6.88. The number of tetrazole rings is 1. The van der Waals surface area contributed by atoms with Crippen molar-refractivity contribution in [2.24, 2.45) is 0 Å². The highest BCUT2D eigenvalue weighted by Crippen LogP contribution is 2.25. The smallest absolute Gasteiger partial charge is 0.214 e. The average Bonchev–Trinajstić information content (AvgIpc) is 3.06. The van der Waals surface area contributed by atoms with Crippen LogP contribution in [0.15, 0.2) is 40.0 Å². The molecule has 0 aliphatic rings. The molecule has 0 atom stereocenters. The minimum absolute atomic E-state index is 0.731. The van der Waals surface area contributed by atoms with Gasteiger partial charge in [-0.2, -0.15) is 4.68 Å². The van der Waals surface area contributed by atoms with Gasteiger partial charge in [0.25, 0.3) is 0 Å². The zero-order valence-electron chi connectivity index (χ0n) is 11.1. The number of hydrogen-bond donors (Lipinski definition) is 0. The van der Waals surface area contributed by atoms with Crippen LogP contribution in [0.25, 0.3) is 5.69 Å². The average molecular weight is 287 g/mol.